The number of rotatable bonds is 3. The van der Waals surface area contributed by atoms with Crippen LogP contribution in [-0.4, -0.2) is 33.0 Å². The molecule has 2 N–H and O–H groups in total. The minimum atomic E-state index is -2.87. The third kappa shape index (κ3) is 3.30. The Morgan fingerprint density at radius 1 is 1.47 bits per heavy atom. The molecule has 106 valence electrons. The molecule has 0 radical (unpaired) electrons. The second-order valence-electron chi connectivity index (χ2n) is 5.16. The molecule has 2 rings (SSSR count). The highest BCUT2D eigenvalue weighted by molar-refractivity contribution is 9.10. The predicted octanol–water partition coefficient (Wildman–Crippen LogP) is 2.09. The number of halogens is 1. The number of nitrogens with two attached hydrogens (primary N) is 1. The minimum absolute atomic E-state index is 0.0451. The van der Waals surface area contributed by atoms with Crippen molar-refractivity contribution in [3.63, 3.8) is 0 Å². The van der Waals surface area contributed by atoms with Gasteiger partial charge >= 0.3 is 0 Å². The maximum Gasteiger partial charge on any atom is 0.152 e. The normalized spacial score (nSPS) is 23.3. The van der Waals surface area contributed by atoms with Crippen molar-refractivity contribution in [2.45, 2.75) is 25.4 Å². The summed E-state index contributed by atoms with van der Waals surface area (Å²) in [6, 6.07) is 5.91. The maximum absolute atomic E-state index is 11.6. The van der Waals surface area contributed by atoms with E-state index >= 15 is 0 Å². The van der Waals surface area contributed by atoms with E-state index in [0.29, 0.717) is 6.42 Å². The number of sulfone groups is 1. The van der Waals surface area contributed by atoms with Gasteiger partial charge in [0.2, 0.25) is 0 Å². The van der Waals surface area contributed by atoms with Gasteiger partial charge in [0.25, 0.3) is 0 Å². The molecule has 2 unspecified atom stereocenters. The van der Waals surface area contributed by atoms with E-state index in [1.54, 1.807) is 0 Å². The van der Waals surface area contributed by atoms with Gasteiger partial charge in [0, 0.05) is 29.3 Å². The fourth-order valence-corrected chi connectivity index (χ4v) is 4.64. The molecule has 1 aliphatic heterocycles. The van der Waals surface area contributed by atoms with Crippen molar-refractivity contribution < 1.29 is 8.42 Å². The van der Waals surface area contributed by atoms with Crippen LogP contribution >= 0.6 is 15.9 Å². The zero-order valence-corrected chi connectivity index (χ0v) is 13.5. The topological polar surface area (TPSA) is 63.4 Å². The highest BCUT2D eigenvalue weighted by Gasteiger charge is 2.31. The summed E-state index contributed by atoms with van der Waals surface area (Å²) in [5.74, 6) is 0.518. The highest BCUT2D eigenvalue weighted by Crippen LogP contribution is 2.31. The fraction of sp³-hybridized carbons (Fsp3) is 0.538. The van der Waals surface area contributed by atoms with Crippen molar-refractivity contribution in [1.29, 1.82) is 0 Å². The van der Waals surface area contributed by atoms with Gasteiger partial charge in [0.1, 0.15) is 0 Å². The van der Waals surface area contributed by atoms with Crippen molar-refractivity contribution >= 4 is 31.5 Å². The summed E-state index contributed by atoms with van der Waals surface area (Å²) in [4.78, 5) is 2.05. The number of anilines is 1. The van der Waals surface area contributed by atoms with Crippen LogP contribution in [0.25, 0.3) is 0 Å². The molecule has 6 heteroatoms. The van der Waals surface area contributed by atoms with E-state index in [2.05, 4.69) is 20.8 Å². The molecule has 0 spiro atoms. The molecule has 1 aliphatic rings. The van der Waals surface area contributed by atoms with Crippen LogP contribution in [0.15, 0.2) is 22.7 Å². The number of nitrogens with zero attached hydrogens (tertiary/aromatic N) is 1. The molecule has 1 saturated heterocycles. The average Bonchev–Trinajstić information content (AvgIpc) is 2.68. The van der Waals surface area contributed by atoms with Crippen molar-refractivity contribution in [2.75, 3.05) is 23.5 Å². The van der Waals surface area contributed by atoms with Crippen LogP contribution in [0.5, 0.6) is 0 Å². The summed E-state index contributed by atoms with van der Waals surface area (Å²) < 4.78 is 24.2. The molecule has 1 fully saturated rings. The number of hydrogen-bond donors (Lipinski definition) is 1. The molecule has 1 heterocycles. The largest absolute Gasteiger partial charge is 0.370 e. The molecule has 1 aromatic rings. The lowest BCUT2D eigenvalue weighted by Crippen LogP contribution is -2.33. The predicted molar refractivity (Wildman–Crippen MR) is 82.2 cm³/mol. The van der Waals surface area contributed by atoms with Gasteiger partial charge in [-0.15, -0.1) is 0 Å². The molecular formula is C13H19BrN2O2S. The van der Waals surface area contributed by atoms with Gasteiger partial charge < -0.3 is 10.6 Å². The molecular weight excluding hydrogens is 328 g/mol. The highest BCUT2D eigenvalue weighted by atomic mass is 79.9. The van der Waals surface area contributed by atoms with Gasteiger partial charge in [0.15, 0.2) is 9.84 Å². The van der Waals surface area contributed by atoms with Gasteiger partial charge in [-0.2, -0.15) is 0 Å². The monoisotopic (exact) mass is 346 g/mol. The van der Waals surface area contributed by atoms with Crippen LogP contribution in [0.2, 0.25) is 0 Å². The third-order valence-corrected chi connectivity index (χ3v) is 5.86. The van der Waals surface area contributed by atoms with Gasteiger partial charge in [-0.3, -0.25) is 0 Å². The van der Waals surface area contributed by atoms with Crippen molar-refractivity contribution in [1.82, 2.24) is 0 Å². The van der Waals surface area contributed by atoms with Gasteiger partial charge in [-0.1, -0.05) is 15.9 Å². The Morgan fingerprint density at radius 2 is 2.16 bits per heavy atom. The van der Waals surface area contributed by atoms with Crippen LogP contribution < -0.4 is 10.6 Å². The van der Waals surface area contributed by atoms with Crippen molar-refractivity contribution in [2.24, 2.45) is 5.73 Å². The number of hydrogen-bond acceptors (Lipinski definition) is 4. The Labute approximate surface area is 123 Å². The Morgan fingerprint density at radius 3 is 2.68 bits per heavy atom. The standard InChI is InChI=1S/C13H19BrN2O2S/c1-9(15)12-7-10(14)3-4-13(12)16(2)11-5-6-19(17,18)8-11/h3-4,7,9,11H,5-6,8,15H2,1-2H3. The zero-order valence-electron chi connectivity index (χ0n) is 11.1. The lowest BCUT2D eigenvalue weighted by molar-refractivity contribution is 0.600. The van der Waals surface area contributed by atoms with Gasteiger partial charge in [0.05, 0.1) is 11.5 Å². The molecule has 0 aliphatic carbocycles. The first-order valence-electron chi connectivity index (χ1n) is 6.28. The van der Waals surface area contributed by atoms with Gasteiger partial charge in [-0.05, 0) is 37.1 Å². The molecule has 0 bridgehead atoms. The second kappa shape index (κ2) is 5.42. The Kier molecular flexibility index (Phi) is 4.23. The summed E-state index contributed by atoms with van der Waals surface area (Å²) in [6.45, 7) is 1.94. The van der Waals surface area contributed by atoms with E-state index < -0.39 is 9.84 Å². The first-order chi connectivity index (χ1) is 8.80. The molecule has 0 amide bonds. The quantitative estimate of drug-likeness (QED) is 0.910. The molecule has 1 aromatic carbocycles. The van der Waals surface area contributed by atoms with E-state index in [0.717, 1.165) is 15.7 Å². The lowest BCUT2D eigenvalue weighted by Gasteiger charge is -2.29. The van der Waals surface area contributed by atoms with E-state index in [1.165, 1.54) is 0 Å². The summed E-state index contributed by atoms with van der Waals surface area (Å²) in [5, 5.41) is 0. The molecule has 2 atom stereocenters. The zero-order chi connectivity index (χ0) is 14.2. The Balaban J connectivity index is 2.31. The van der Waals surface area contributed by atoms with Crippen molar-refractivity contribution in [3.05, 3.63) is 28.2 Å². The Bertz CT molecular complexity index is 572. The first kappa shape index (κ1) is 14.8. The fourth-order valence-electron chi connectivity index (χ4n) is 2.49. The lowest BCUT2D eigenvalue weighted by atomic mass is 10.0. The summed E-state index contributed by atoms with van der Waals surface area (Å²) >= 11 is 3.45. The van der Waals surface area contributed by atoms with E-state index in [1.807, 2.05) is 32.2 Å². The second-order valence-corrected chi connectivity index (χ2v) is 8.30. The van der Waals surface area contributed by atoms with Crippen molar-refractivity contribution in [3.8, 4) is 0 Å². The maximum atomic E-state index is 11.6. The van der Waals surface area contributed by atoms with Crippen LogP contribution in [0, 0.1) is 0 Å². The van der Waals surface area contributed by atoms with Crippen LogP contribution in [0.4, 0.5) is 5.69 Å². The smallest absolute Gasteiger partial charge is 0.152 e. The summed E-state index contributed by atoms with van der Waals surface area (Å²) in [6.07, 6.45) is 0.688. The summed E-state index contributed by atoms with van der Waals surface area (Å²) in [5.41, 5.74) is 8.05. The van der Waals surface area contributed by atoms with E-state index in [4.69, 9.17) is 5.73 Å². The van der Waals surface area contributed by atoms with Gasteiger partial charge in [-0.25, -0.2) is 8.42 Å². The van der Waals surface area contributed by atoms with Crippen LogP contribution in [0.3, 0.4) is 0 Å². The average molecular weight is 347 g/mol. The van der Waals surface area contributed by atoms with E-state index in [9.17, 15) is 8.42 Å². The van der Waals surface area contributed by atoms with Crippen LogP contribution in [-0.2, 0) is 9.84 Å². The summed E-state index contributed by atoms with van der Waals surface area (Å²) in [7, 11) is -0.927. The first-order valence-corrected chi connectivity index (χ1v) is 8.90. The third-order valence-electron chi connectivity index (χ3n) is 3.62. The SMILES string of the molecule is CC(N)c1cc(Br)ccc1N(C)C1CCS(=O)(=O)C1. The molecule has 0 saturated carbocycles. The van der Waals surface area contributed by atoms with E-state index in [-0.39, 0.29) is 23.6 Å². The number of benzene rings is 1. The Hall–Kier alpha value is -0.590. The molecule has 19 heavy (non-hydrogen) atoms. The minimum Gasteiger partial charge on any atom is -0.370 e. The molecule has 4 nitrogen and oxygen atoms in total. The van der Waals surface area contributed by atoms with Crippen LogP contribution in [0.1, 0.15) is 24.9 Å². The molecule has 0 aromatic heterocycles.